The van der Waals surface area contributed by atoms with Gasteiger partial charge in [0, 0.05) is 44.6 Å². The predicted octanol–water partition coefficient (Wildman–Crippen LogP) is 2.20. The molecule has 1 saturated heterocycles. The number of benzene rings is 1. The van der Waals surface area contributed by atoms with Gasteiger partial charge in [-0.3, -0.25) is 9.48 Å². The maximum absolute atomic E-state index is 12.5. The number of carbonyl (C=O) groups excluding carboxylic acids is 2. The zero-order valence-electron chi connectivity index (χ0n) is 14.6. The summed E-state index contributed by atoms with van der Waals surface area (Å²) in [6.07, 6.45) is 3.36. The minimum Gasteiger partial charge on any atom is -0.335 e. The Morgan fingerprint density at radius 3 is 2.32 bits per heavy atom. The lowest BCUT2D eigenvalue weighted by molar-refractivity contribution is 0.0671. The van der Waals surface area contributed by atoms with Crippen LogP contribution >= 0.6 is 0 Å². The summed E-state index contributed by atoms with van der Waals surface area (Å²) < 4.78 is 1.73. The first-order valence-electron chi connectivity index (χ1n) is 8.51. The average Bonchev–Trinajstić information content (AvgIpc) is 3.12. The quantitative estimate of drug-likeness (QED) is 0.930. The second kappa shape index (κ2) is 7.38. The van der Waals surface area contributed by atoms with Crippen molar-refractivity contribution in [3.8, 4) is 0 Å². The number of aryl methyl sites for hydroxylation is 2. The van der Waals surface area contributed by atoms with Crippen molar-refractivity contribution in [2.24, 2.45) is 0 Å². The summed E-state index contributed by atoms with van der Waals surface area (Å²) in [6.45, 7) is 6.81. The third-order valence-corrected chi connectivity index (χ3v) is 4.36. The lowest BCUT2D eigenvalue weighted by Crippen LogP contribution is -2.51. The number of rotatable bonds is 3. The fourth-order valence-corrected chi connectivity index (χ4v) is 2.78. The van der Waals surface area contributed by atoms with Crippen LogP contribution < -0.4 is 5.32 Å². The molecule has 3 amide bonds. The van der Waals surface area contributed by atoms with Gasteiger partial charge in [-0.15, -0.1) is 0 Å². The van der Waals surface area contributed by atoms with Crippen LogP contribution in [0.5, 0.6) is 0 Å². The molecule has 7 heteroatoms. The standard InChI is InChI=1S/C18H23N5O2/c1-3-23-13-15(12-19-23)17(24)21-8-10-22(11-9-21)18(25)20-16-6-4-14(2)5-7-16/h4-7,12-13H,3,8-11H2,1-2H3,(H,20,25). The molecule has 1 aromatic heterocycles. The summed E-state index contributed by atoms with van der Waals surface area (Å²) in [7, 11) is 0. The zero-order chi connectivity index (χ0) is 17.8. The van der Waals surface area contributed by atoms with E-state index in [0.29, 0.717) is 31.7 Å². The lowest BCUT2D eigenvalue weighted by atomic mass is 10.2. The maximum Gasteiger partial charge on any atom is 0.321 e. The Balaban J connectivity index is 1.53. The second-order valence-corrected chi connectivity index (χ2v) is 6.16. The Kier molecular flexibility index (Phi) is 5.02. The summed E-state index contributed by atoms with van der Waals surface area (Å²) >= 11 is 0. The Morgan fingerprint density at radius 2 is 1.72 bits per heavy atom. The van der Waals surface area contributed by atoms with Gasteiger partial charge >= 0.3 is 6.03 Å². The largest absolute Gasteiger partial charge is 0.335 e. The topological polar surface area (TPSA) is 70.5 Å². The van der Waals surface area contributed by atoms with Crippen LogP contribution in [0.2, 0.25) is 0 Å². The van der Waals surface area contributed by atoms with Gasteiger partial charge < -0.3 is 15.1 Å². The van der Waals surface area contributed by atoms with E-state index < -0.39 is 0 Å². The van der Waals surface area contributed by atoms with Gasteiger partial charge in [0.2, 0.25) is 0 Å². The first kappa shape index (κ1) is 17.0. The highest BCUT2D eigenvalue weighted by Crippen LogP contribution is 2.12. The Labute approximate surface area is 147 Å². The summed E-state index contributed by atoms with van der Waals surface area (Å²) in [5, 5.41) is 7.04. The number of amides is 3. The minimum absolute atomic E-state index is 0.0294. The van der Waals surface area contributed by atoms with Crippen molar-refractivity contribution in [2.75, 3.05) is 31.5 Å². The molecule has 2 heterocycles. The first-order chi connectivity index (χ1) is 12.1. The number of hydrogen-bond donors (Lipinski definition) is 1. The number of anilines is 1. The molecule has 7 nitrogen and oxygen atoms in total. The van der Waals surface area contributed by atoms with E-state index in [1.165, 1.54) is 0 Å². The van der Waals surface area contributed by atoms with Gasteiger partial charge in [0.25, 0.3) is 5.91 Å². The van der Waals surface area contributed by atoms with Crippen LogP contribution in [0, 0.1) is 6.92 Å². The fraction of sp³-hybridized carbons (Fsp3) is 0.389. The molecule has 2 aromatic rings. The van der Waals surface area contributed by atoms with E-state index in [0.717, 1.165) is 17.8 Å². The predicted molar refractivity (Wildman–Crippen MR) is 95.6 cm³/mol. The molecule has 0 unspecified atom stereocenters. The molecule has 0 spiro atoms. The molecule has 1 N–H and O–H groups in total. The molecule has 1 aromatic carbocycles. The van der Waals surface area contributed by atoms with E-state index in [9.17, 15) is 9.59 Å². The van der Waals surface area contributed by atoms with Crippen molar-refractivity contribution < 1.29 is 9.59 Å². The highest BCUT2D eigenvalue weighted by atomic mass is 16.2. The third kappa shape index (κ3) is 3.99. The number of urea groups is 1. The van der Waals surface area contributed by atoms with Crippen LogP contribution in [0.3, 0.4) is 0 Å². The molecular weight excluding hydrogens is 318 g/mol. The summed E-state index contributed by atoms with van der Waals surface area (Å²) in [6, 6.07) is 7.57. The average molecular weight is 341 g/mol. The summed E-state index contributed by atoms with van der Waals surface area (Å²) in [5.74, 6) is -0.0294. The van der Waals surface area contributed by atoms with Gasteiger partial charge in [-0.1, -0.05) is 17.7 Å². The number of carbonyl (C=O) groups is 2. The molecule has 0 radical (unpaired) electrons. The van der Waals surface area contributed by atoms with Crippen molar-refractivity contribution in [3.63, 3.8) is 0 Å². The van der Waals surface area contributed by atoms with E-state index in [2.05, 4.69) is 10.4 Å². The van der Waals surface area contributed by atoms with Crippen LogP contribution in [0.25, 0.3) is 0 Å². The molecule has 132 valence electrons. The number of hydrogen-bond acceptors (Lipinski definition) is 3. The van der Waals surface area contributed by atoms with Crippen molar-refractivity contribution in [3.05, 3.63) is 47.8 Å². The molecule has 3 rings (SSSR count). The van der Waals surface area contributed by atoms with E-state index in [1.807, 2.05) is 38.1 Å². The highest BCUT2D eigenvalue weighted by Gasteiger charge is 2.25. The van der Waals surface area contributed by atoms with Gasteiger partial charge in [0.05, 0.1) is 11.8 Å². The molecule has 25 heavy (non-hydrogen) atoms. The second-order valence-electron chi connectivity index (χ2n) is 6.16. The summed E-state index contributed by atoms with van der Waals surface area (Å²) in [5.41, 5.74) is 2.53. The lowest BCUT2D eigenvalue weighted by Gasteiger charge is -2.34. The van der Waals surface area contributed by atoms with E-state index in [4.69, 9.17) is 0 Å². The fourth-order valence-electron chi connectivity index (χ4n) is 2.78. The zero-order valence-corrected chi connectivity index (χ0v) is 14.6. The van der Waals surface area contributed by atoms with E-state index in [1.54, 1.807) is 26.9 Å². The smallest absolute Gasteiger partial charge is 0.321 e. The Bertz CT molecular complexity index is 745. The van der Waals surface area contributed by atoms with Gasteiger partial charge in [0.1, 0.15) is 0 Å². The number of aromatic nitrogens is 2. The molecular formula is C18H23N5O2. The van der Waals surface area contributed by atoms with Crippen LogP contribution in [-0.4, -0.2) is 57.7 Å². The van der Waals surface area contributed by atoms with E-state index >= 15 is 0 Å². The van der Waals surface area contributed by atoms with Crippen molar-refractivity contribution in [1.29, 1.82) is 0 Å². The minimum atomic E-state index is -0.130. The number of piperazine rings is 1. The number of nitrogens with zero attached hydrogens (tertiary/aromatic N) is 4. The van der Waals surface area contributed by atoms with Crippen LogP contribution in [0.1, 0.15) is 22.8 Å². The molecule has 0 saturated carbocycles. The molecule has 0 atom stereocenters. The molecule has 1 aliphatic heterocycles. The van der Waals surface area contributed by atoms with Crippen molar-refractivity contribution in [1.82, 2.24) is 19.6 Å². The van der Waals surface area contributed by atoms with Gasteiger partial charge in [-0.25, -0.2) is 4.79 Å². The maximum atomic E-state index is 12.5. The van der Waals surface area contributed by atoms with Gasteiger partial charge in [-0.05, 0) is 26.0 Å². The van der Waals surface area contributed by atoms with Crippen molar-refractivity contribution in [2.45, 2.75) is 20.4 Å². The molecule has 0 bridgehead atoms. The van der Waals surface area contributed by atoms with Crippen LogP contribution in [0.15, 0.2) is 36.7 Å². The molecule has 1 fully saturated rings. The monoisotopic (exact) mass is 341 g/mol. The Hall–Kier alpha value is -2.83. The van der Waals surface area contributed by atoms with E-state index in [-0.39, 0.29) is 11.9 Å². The SMILES string of the molecule is CCn1cc(C(=O)N2CCN(C(=O)Nc3ccc(C)cc3)CC2)cn1. The highest BCUT2D eigenvalue weighted by molar-refractivity contribution is 5.94. The molecule has 0 aliphatic carbocycles. The number of nitrogens with one attached hydrogen (secondary N) is 1. The van der Waals surface area contributed by atoms with Crippen LogP contribution in [-0.2, 0) is 6.54 Å². The Morgan fingerprint density at radius 1 is 1.08 bits per heavy atom. The normalized spacial score (nSPS) is 14.5. The third-order valence-electron chi connectivity index (χ3n) is 4.36. The van der Waals surface area contributed by atoms with Gasteiger partial charge in [-0.2, -0.15) is 5.10 Å². The van der Waals surface area contributed by atoms with Crippen LogP contribution in [0.4, 0.5) is 10.5 Å². The van der Waals surface area contributed by atoms with Crippen molar-refractivity contribution >= 4 is 17.6 Å². The van der Waals surface area contributed by atoms with Gasteiger partial charge in [0.15, 0.2) is 0 Å². The molecule has 1 aliphatic rings. The summed E-state index contributed by atoms with van der Waals surface area (Å²) in [4.78, 5) is 28.3. The first-order valence-corrected chi connectivity index (χ1v) is 8.51.